The second kappa shape index (κ2) is 9.60. The van der Waals surface area contributed by atoms with Crippen molar-refractivity contribution in [3.8, 4) is 11.5 Å². The van der Waals surface area contributed by atoms with E-state index in [2.05, 4.69) is 52.3 Å². The third kappa shape index (κ3) is 5.05. The highest BCUT2D eigenvalue weighted by Gasteiger charge is 2.48. The minimum absolute atomic E-state index is 0.0396. The molecule has 2 aliphatic rings. The lowest BCUT2D eigenvalue weighted by molar-refractivity contribution is 0.0159. The van der Waals surface area contributed by atoms with Gasteiger partial charge in [0.2, 0.25) is 0 Å². The van der Waals surface area contributed by atoms with Gasteiger partial charge in [-0.25, -0.2) is 0 Å². The Morgan fingerprint density at radius 2 is 1.74 bits per heavy atom. The lowest BCUT2D eigenvalue weighted by Gasteiger charge is -2.42. The Labute approximate surface area is 186 Å². The molecule has 2 aromatic rings. The molecular weight excluding hydrogens is 388 g/mol. The molecule has 5 nitrogen and oxygen atoms in total. The van der Waals surface area contributed by atoms with Gasteiger partial charge in [0.05, 0.1) is 19.8 Å². The summed E-state index contributed by atoms with van der Waals surface area (Å²) >= 11 is 0. The van der Waals surface area contributed by atoms with E-state index in [-0.39, 0.29) is 18.1 Å². The SMILES string of the molecule is COc1cc(CN2CC[C@]3(CO)CN(Cc4ccccc4)C[C@@H]3C2)ccc1OC(C)C. The molecule has 2 saturated heterocycles. The average molecular weight is 425 g/mol. The van der Waals surface area contributed by atoms with Crippen LogP contribution in [0.25, 0.3) is 0 Å². The van der Waals surface area contributed by atoms with Gasteiger partial charge < -0.3 is 14.6 Å². The summed E-state index contributed by atoms with van der Waals surface area (Å²) in [5.74, 6) is 2.09. The molecule has 31 heavy (non-hydrogen) atoms. The summed E-state index contributed by atoms with van der Waals surface area (Å²) in [7, 11) is 1.70. The van der Waals surface area contributed by atoms with E-state index >= 15 is 0 Å². The average Bonchev–Trinajstić information content (AvgIpc) is 3.13. The van der Waals surface area contributed by atoms with E-state index in [0.717, 1.165) is 57.2 Å². The smallest absolute Gasteiger partial charge is 0.161 e. The van der Waals surface area contributed by atoms with Gasteiger partial charge in [0.25, 0.3) is 0 Å². The molecule has 4 rings (SSSR count). The molecule has 1 N–H and O–H groups in total. The standard InChI is InChI=1S/C26H36N2O3/c1-20(2)31-24-10-9-22(13-25(24)30-3)15-27-12-11-26(19-29)18-28(17-23(26)16-27)14-21-7-5-4-6-8-21/h4-10,13,20,23,29H,11-12,14-19H2,1-3H3/t23-,26+/m0/s1. The number of likely N-dealkylation sites (tertiary alicyclic amines) is 2. The van der Waals surface area contributed by atoms with E-state index in [4.69, 9.17) is 9.47 Å². The van der Waals surface area contributed by atoms with Gasteiger partial charge in [0.15, 0.2) is 11.5 Å². The van der Waals surface area contributed by atoms with Gasteiger partial charge >= 0.3 is 0 Å². The monoisotopic (exact) mass is 424 g/mol. The van der Waals surface area contributed by atoms with Crippen molar-refractivity contribution in [3.05, 3.63) is 59.7 Å². The maximum atomic E-state index is 10.3. The Balaban J connectivity index is 1.41. The third-order valence-corrected chi connectivity index (χ3v) is 6.85. The maximum absolute atomic E-state index is 10.3. The summed E-state index contributed by atoms with van der Waals surface area (Å²) in [6.45, 7) is 10.3. The molecule has 0 saturated carbocycles. The van der Waals surface area contributed by atoms with Gasteiger partial charge in [-0.15, -0.1) is 0 Å². The normalized spacial score (nSPS) is 24.4. The first-order chi connectivity index (χ1) is 15.0. The molecule has 2 heterocycles. The molecule has 2 aliphatic heterocycles. The second-order valence-corrected chi connectivity index (χ2v) is 9.51. The summed E-state index contributed by atoms with van der Waals surface area (Å²) in [5.41, 5.74) is 2.63. The number of benzene rings is 2. The molecule has 5 heteroatoms. The van der Waals surface area contributed by atoms with Crippen LogP contribution in [0, 0.1) is 11.3 Å². The predicted molar refractivity (Wildman–Crippen MR) is 123 cm³/mol. The molecule has 2 aromatic carbocycles. The highest BCUT2D eigenvalue weighted by molar-refractivity contribution is 5.43. The zero-order valence-corrected chi connectivity index (χ0v) is 19.1. The Morgan fingerprint density at radius 1 is 1.00 bits per heavy atom. The zero-order chi connectivity index (χ0) is 21.8. The number of aliphatic hydroxyl groups excluding tert-OH is 1. The van der Waals surface area contributed by atoms with Crippen LogP contribution in [0.15, 0.2) is 48.5 Å². The topological polar surface area (TPSA) is 45.2 Å². The number of methoxy groups -OCH3 is 1. The molecule has 2 atom stereocenters. The molecule has 0 amide bonds. The van der Waals surface area contributed by atoms with Crippen molar-refractivity contribution in [2.24, 2.45) is 11.3 Å². The van der Waals surface area contributed by atoms with Gasteiger partial charge in [-0.2, -0.15) is 0 Å². The van der Waals surface area contributed by atoms with Gasteiger partial charge in [-0.3, -0.25) is 9.80 Å². The molecule has 0 radical (unpaired) electrons. The van der Waals surface area contributed by atoms with Crippen molar-refractivity contribution in [2.45, 2.75) is 39.5 Å². The lowest BCUT2D eigenvalue weighted by Crippen LogP contribution is -2.48. The Kier molecular flexibility index (Phi) is 6.85. The number of hydrogen-bond donors (Lipinski definition) is 1. The molecule has 0 aliphatic carbocycles. The van der Waals surface area contributed by atoms with Crippen molar-refractivity contribution in [1.29, 1.82) is 0 Å². The van der Waals surface area contributed by atoms with Crippen molar-refractivity contribution in [2.75, 3.05) is 39.9 Å². The van der Waals surface area contributed by atoms with Crippen molar-refractivity contribution in [3.63, 3.8) is 0 Å². The van der Waals surface area contributed by atoms with Crippen LogP contribution < -0.4 is 9.47 Å². The van der Waals surface area contributed by atoms with Gasteiger partial charge in [-0.1, -0.05) is 36.4 Å². The number of ether oxygens (including phenoxy) is 2. The van der Waals surface area contributed by atoms with E-state index in [1.54, 1.807) is 7.11 Å². The lowest BCUT2D eigenvalue weighted by atomic mass is 9.73. The highest BCUT2D eigenvalue weighted by Crippen LogP contribution is 2.43. The Bertz CT molecular complexity index is 857. The molecule has 0 spiro atoms. The maximum Gasteiger partial charge on any atom is 0.161 e. The number of aliphatic hydroxyl groups is 1. The van der Waals surface area contributed by atoms with Gasteiger partial charge in [-0.05, 0) is 56.0 Å². The zero-order valence-electron chi connectivity index (χ0n) is 19.1. The largest absolute Gasteiger partial charge is 0.493 e. The van der Waals surface area contributed by atoms with E-state index in [0.29, 0.717) is 5.92 Å². The van der Waals surface area contributed by atoms with E-state index in [9.17, 15) is 5.11 Å². The summed E-state index contributed by atoms with van der Waals surface area (Å²) < 4.78 is 11.4. The van der Waals surface area contributed by atoms with Crippen molar-refractivity contribution in [1.82, 2.24) is 9.80 Å². The van der Waals surface area contributed by atoms with Crippen LogP contribution >= 0.6 is 0 Å². The minimum Gasteiger partial charge on any atom is -0.493 e. The molecule has 0 unspecified atom stereocenters. The van der Waals surface area contributed by atoms with E-state index < -0.39 is 0 Å². The van der Waals surface area contributed by atoms with Crippen LogP contribution in [0.1, 0.15) is 31.4 Å². The Hall–Kier alpha value is -2.08. The van der Waals surface area contributed by atoms with Crippen LogP contribution in [-0.4, -0.2) is 60.9 Å². The van der Waals surface area contributed by atoms with Crippen LogP contribution in [0.2, 0.25) is 0 Å². The Morgan fingerprint density at radius 3 is 2.45 bits per heavy atom. The first-order valence-corrected chi connectivity index (χ1v) is 11.4. The fraction of sp³-hybridized carbons (Fsp3) is 0.538. The minimum atomic E-state index is 0.0396. The quantitative estimate of drug-likeness (QED) is 0.698. The molecule has 2 fully saturated rings. The van der Waals surface area contributed by atoms with Crippen LogP contribution in [0.5, 0.6) is 11.5 Å². The van der Waals surface area contributed by atoms with Crippen LogP contribution in [0.4, 0.5) is 0 Å². The number of rotatable bonds is 8. The van der Waals surface area contributed by atoms with Crippen molar-refractivity contribution >= 4 is 0 Å². The number of hydrogen-bond acceptors (Lipinski definition) is 5. The molecule has 168 valence electrons. The summed E-state index contributed by atoms with van der Waals surface area (Å²) in [5, 5.41) is 10.3. The fourth-order valence-electron chi connectivity index (χ4n) is 5.25. The van der Waals surface area contributed by atoms with Crippen molar-refractivity contribution < 1.29 is 14.6 Å². The highest BCUT2D eigenvalue weighted by atomic mass is 16.5. The molecule has 0 bridgehead atoms. The van der Waals surface area contributed by atoms with Crippen LogP contribution in [0.3, 0.4) is 0 Å². The first kappa shape index (κ1) is 22.1. The summed E-state index contributed by atoms with van der Waals surface area (Å²) in [6, 6.07) is 16.9. The molecule has 0 aromatic heterocycles. The third-order valence-electron chi connectivity index (χ3n) is 6.85. The number of nitrogens with zero attached hydrogens (tertiary/aromatic N) is 2. The van der Waals surface area contributed by atoms with E-state index in [1.165, 1.54) is 11.1 Å². The van der Waals surface area contributed by atoms with E-state index in [1.807, 2.05) is 19.9 Å². The van der Waals surface area contributed by atoms with Gasteiger partial charge in [0.1, 0.15) is 0 Å². The predicted octanol–water partition coefficient (Wildman–Crippen LogP) is 3.80. The van der Waals surface area contributed by atoms with Gasteiger partial charge in [0, 0.05) is 38.1 Å². The van der Waals surface area contributed by atoms with Crippen LogP contribution in [-0.2, 0) is 13.1 Å². The summed E-state index contributed by atoms with van der Waals surface area (Å²) in [6.07, 6.45) is 1.17. The number of piperidine rings is 1. The summed E-state index contributed by atoms with van der Waals surface area (Å²) in [4.78, 5) is 5.06. The first-order valence-electron chi connectivity index (χ1n) is 11.4. The molecular formula is C26H36N2O3. The fourth-order valence-corrected chi connectivity index (χ4v) is 5.25. The number of fused-ring (bicyclic) bond motifs is 1. The second-order valence-electron chi connectivity index (χ2n) is 9.51.